The monoisotopic (exact) mass is 539 g/mol. The summed E-state index contributed by atoms with van der Waals surface area (Å²) >= 11 is 0. The van der Waals surface area contributed by atoms with Crippen LogP contribution in [0.4, 0.5) is 0 Å². The van der Waals surface area contributed by atoms with Gasteiger partial charge in [0.05, 0.1) is 24.4 Å². The minimum absolute atomic E-state index is 0.105. The maximum atomic E-state index is 6.84. The first-order valence-electron chi connectivity index (χ1n) is 11.9. The van der Waals surface area contributed by atoms with Crippen molar-refractivity contribution >= 4 is 42.3 Å². The molecular weight excluding hydrogens is 490 g/mol. The first kappa shape index (κ1) is 30.8. The van der Waals surface area contributed by atoms with Crippen LogP contribution >= 0.6 is 9.03 Å². The number of hydrogen-bond donors (Lipinski definition) is 0. The van der Waals surface area contributed by atoms with E-state index in [1.165, 1.54) is 0 Å². The van der Waals surface area contributed by atoms with Gasteiger partial charge in [0.2, 0.25) is 0 Å². The predicted octanol–water partition coefficient (Wildman–Crippen LogP) is 6.37. The van der Waals surface area contributed by atoms with Gasteiger partial charge in [-0.15, -0.1) is 0 Å². The van der Waals surface area contributed by atoms with Gasteiger partial charge in [0.25, 0.3) is 0 Å². The second kappa shape index (κ2) is 11.2. The lowest BCUT2D eigenvalue weighted by Crippen LogP contribution is -2.67. The van der Waals surface area contributed by atoms with Gasteiger partial charge in [-0.05, 0) is 101 Å². The smallest absolute Gasteiger partial charge is 0.184 e. The van der Waals surface area contributed by atoms with Crippen LogP contribution < -0.4 is 0 Å². The van der Waals surface area contributed by atoms with Crippen LogP contribution in [-0.4, -0.2) is 75.9 Å². The van der Waals surface area contributed by atoms with Crippen LogP contribution in [0.1, 0.15) is 13.8 Å². The predicted molar refractivity (Wildman–Crippen MR) is 147 cm³/mol. The summed E-state index contributed by atoms with van der Waals surface area (Å²) in [7, 11) is -3.97. The van der Waals surface area contributed by atoms with E-state index < -0.39 is 33.3 Å². The normalized spacial score (nSPS) is 30.1. The van der Waals surface area contributed by atoms with Crippen molar-refractivity contribution in [3.63, 3.8) is 0 Å². The summed E-state index contributed by atoms with van der Waals surface area (Å²) in [5, 5.41) is 0. The van der Waals surface area contributed by atoms with Gasteiger partial charge in [-0.25, -0.2) is 0 Å². The first-order valence-corrected chi connectivity index (χ1v) is 25.9. The van der Waals surface area contributed by atoms with Crippen molar-refractivity contribution in [2.75, 3.05) is 0 Å². The fourth-order valence-electron chi connectivity index (χ4n) is 4.05. The molecule has 0 unspecified atom stereocenters. The molecule has 0 aromatic carbocycles. The highest BCUT2D eigenvalue weighted by Gasteiger charge is 2.53. The molecule has 0 spiro atoms. The molecule has 0 N–H and O–H groups in total. The Morgan fingerprint density at radius 2 is 1.09 bits per heavy atom. The molecular formula is C21H50NO5PSi4. The first-order chi connectivity index (χ1) is 14.1. The Bertz CT molecular complexity index is 615. The lowest BCUT2D eigenvalue weighted by molar-refractivity contribution is -0.211. The average Bonchev–Trinajstić information content (AvgIpc) is 2.50. The fraction of sp³-hybridized carbons (Fsp3) is 1.00. The molecule has 1 heterocycles. The lowest BCUT2D eigenvalue weighted by Gasteiger charge is -2.52. The number of hydrogen-bond acceptors (Lipinski definition) is 6. The van der Waals surface area contributed by atoms with Crippen molar-refractivity contribution in [2.45, 2.75) is 135 Å². The van der Waals surface area contributed by atoms with E-state index in [4.69, 9.17) is 22.4 Å². The summed E-state index contributed by atoms with van der Waals surface area (Å²) in [6, 6.07) is -0.220. The van der Waals surface area contributed by atoms with Crippen molar-refractivity contribution in [3.05, 3.63) is 0 Å². The third kappa shape index (κ3) is 10.6. The zero-order valence-corrected chi connectivity index (χ0v) is 28.0. The van der Waals surface area contributed by atoms with Crippen LogP contribution in [-0.2, 0) is 22.4 Å². The molecule has 0 aliphatic carbocycles. The van der Waals surface area contributed by atoms with Gasteiger partial charge in [0.1, 0.15) is 18.2 Å². The second-order valence-electron chi connectivity index (χ2n) is 12.9. The van der Waals surface area contributed by atoms with Crippen LogP contribution in [0.3, 0.4) is 0 Å². The van der Waals surface area contributed by atoms with Gasteiger partial charge in [0.15, 0.2) is 33.3 Å². The maximum Gasteiger partial charge on any atom is 0.184 e. The standard InChI is InChI=1S/C21H50NO5PSi4/c1-15(24-29(3,4)5)17(22-28)19-21(27-32(12,13)14)20(26-31(9,10)11)18(16(2)23-19)25-30(6,7)8/h15-21,28H,1-14H3/t15-,16-,17-,18+,19-,20-,21+/m1/s1. The highest BCUT2D eigenvalue weighted by molar-refractivity contribution is 7.04. The van der Waals surface area contributed by atoms with Crippen molar-refractivity contribution in [1.29, 1.82) is 0 Å². The van der Waals surface area contributed by atoms with Crippen LogP contribution in [0, 0.1) is 0 Å². The summed E-state index contributed by atoms with van der Waals surface area (Å²) < 4.78 is 38.0. The quantitative estimate of drug-likeness (QED) is 0.226. The van der Waals surface area contributed by atoms with Crippen molar-refractivity contribution < 1.29 is 22.4 Å². The lowest BCUT2D eigenvalue weighted by atomic mass is 9.90. The van der Waals surface area contributed by atoms with Gasteiger partial charge in [-0.2, -0.15) is 0 Å². The minimum Gasteiger partial charge on any atom is -0.413 e. The topological polar surface area (TPSA) is 58.5 Å². The molecule has 1 aliphatic rings. The third-order valence-electron chi connectivity index (χ3n) is 4.78. The molecule has 32 heavy (non-hydrogen) atoms. The highest BCUT2D eigenvalue weighted by Crippen LogP contribution is 2.36. The van der Waals surface area contributed by atoms with E-state index in [0.717, 1.165) is 0 Å². The van der Waals surface area contributed by atoms with Crippen LogP contribution in [0.2, 0.25) is 78.6 Å². The molecule has 0 aromatic rings. The molecule has 1 saturated heterocycles. The van der Waals surface area contributed by atoms with E-state index in [2.05, 4.69) is 106 Å². The Morgan fingerprint density at radius 1 is 0.688 bits per heavy atom. The average molecular weight is 540 g/mol. The van der Waals surface area contributed by atoms with Gasteiger partial charge >= 0.3 is 0 Å². The summed E-state index contributed by atoms with van der Waals surface area (Å²) in [5.41, 5.74) is 0. The molecule has 0 amide bonds. The molecule has 1 aliphatic heterocycles. The molecule has 0 radical (unpaired) electrons. The number of rotatable bonds is 11. The minimum atomic E-state index is -1.93. The molecule has 11 heteroatoms. The maximum absolute atomic E-state index is 6.84. The van der Waals surface area contributed by atoms with E-state index >= 15 is 0 Å². The molecule has 1 fully saturated rings. The SMILES string of the molecule is C[C@@H](O[Si](C)(C)C)[C@@H](N=P)[C@H]1O[C@H](C)[C@H](O[Si](C)(C)C)[C@@H](O[Si](C)(C)C)[C@H]1O[Si](C)(C)C. The Hall–Kier alpha value is 0.768. The Labute approximate surface area is 204 Å². The van der Waals surface area contributed by atoms with Crippen molar-refractivity contribution in [2.24, 2.45) is 4.74 Å². The molecule has 1 rings (SSSR count). The van der Waals surface area contributed by atoms with Gasteiger partial charge in [-0.1, -0.05) is 0 Å². The second-order valence-corrected chi connectivity index (χ2v) is 31.0. The van der Waals surface area contributed by atoms with Crippen LogP contribution in [0.5, 0.6) is 0 Å². The Morgan fingerprint density at radius 3 is 1.47 bits per heavy atom. The van der Waals surface area contributed by atoms with Crippen LogP contribution in [0.25, 0.3) is 0 Å². The van der Waals surface area contributed by atoms with Crippen molar-refractivity contribution in [1.82, 2.24) is 0 Å². The van der Waals surface area contributed by atoms with Gasteiger partial charge in [0, 0.05) is 0 Å². The third-order valence-corrected chi connectivity index (χ3v) is 9.10. The zero-order chi connectivity index (χ0) is 25.3. The summed E-state index contributed by atoms with van der Waals surface area (Å²) in [4.78, 5) is 0. The molecule has 7 atom stereocenters. The summed E-state index contributed by atoms with van der Waals surface area (Å²) in [5.74, 6) is 0. The molecule has 6 nitrogen and oxygen atoms in total. The Kier molecular flexibility index (Phi) is 10.8. The van der Waals surface area contributed by atoms with Crippen molar-refractivity contribution in [3.8, 4) is 0 Å². The van der Waals surface area contributed by atoms with Crippen LogP contribution in [0.15, 0.2) is 4.74 Å². The van der Waals surface area contributed by atoms with Gasteiger partial charge in [-0.3, -0.25) is 4.74 Å². The summed E-state index contributed by atoms with van der Waals surface area (Å²) in [6.45, 7) is 30.7. The molecule has 0 saturated carbocycles. The Balaban J connectivity index is 3.49. The van der Waals surface area contributed by atoms with E-state index in [9.17, 15) is 0 Å². The fourth-order valence-corrected chi connectivity index (χ4v) is 8.97. The molecule has 190 valence electrons. The molecule has 0 bridgehead atoms. The van der Waals surface area contributed by atoms with E-state index in [1.54, 1.807) is 0 Å². The van der Waals surface area contributed by atoms with E-state index in [0.29, 0.717) is 0 Å². The number of nitrogens with zero attached hydrogens (tertiary/aromatic N) is 1. The number of ether oxygens (including phenoxy) is 1. The molecule has 0 aromatic heterocycles. The largest absolute Gasteiger partial charge is 0.413 e. The summed E-state index contributed by atoms with van der Waals surface area (Å²) in [6.07, 6.45) is -1.18. The van der Waals surface area contributed by atoms with Gasteiger partial charge < -0.3 is 22.4 Å². The van der Waals surface area contributed by atoms with E-state index in [-0.39, 0.29) is 42.7 Å². The highest BCUT2D eigenvalue weighted by atomic mass is 31.0. The van der Waals surface area contributed by atoms with E-state index in [1.807, 2.05) is 0 Å². The zero-order valence-electron chi connectivity index (χ0n) is 23.0.